The number of allylic oxidation sites excluding steroid dienone is 1. The highest BCUT2D eigenvalue weighted by atomic mass is 15.1. The second-order valence-electron chi connectivity index (χ2n) is 5.25. The first-order valence-electron chi connectivity index (χ1n) is 9.33. The van der Waals surface area contributed by atoms with Crippen LogP contribution < -0.4 is 0 Å². The molecule has 1 aromatic rings. The number of nitrogens with one attached hydrogen (secondary N) is 1. The lowest BCUT2D eigenvalue weighted by atomic mass is 9.97. The zero-order chi connectivity index (χ0) is 17.7. The van der Waals surface area contributed by atoms with Crippen LogP contribution in [0, 0.1) is 0 Å². The number of aliphatic imine (C=N–C) groups is 1. The second-order valence-corrected chi connectivity index (χ2v) is 5.25. The highest BCUT2D eigenvalue weighted by molar-refractivity contribution is 5.64. The monoisotopic (exact) mass is 337 g/mol. The quantitative estimate of drug-likeness (QED) is 0.595. The maximum absolute atomic E-state index is 4.09. The number of H-pyrrole nitrogens is 1. The zero-order valence-electron chi connectivity index (χ0n) is 16.2. The van der Waals surface area contributed by atoms with Crippen LogP contribution in [-0.4, -0.2) is 36.2 Å². The first-order valence-corrected chi connectivity index (χ1v) is 9.33. The number of rotatable bonds is 4. The molecule has 1 atom stereocenters. The van der Waals surface area contributed by atoms with Gasteiger partial charge in [0, 0.05) is 18.6 Å². The molecule has 0 spiro atoms. The van der Waals surface area contributed by atoms with Crippen LogP contribution in [0.3, 0.4) is 0 Å². The molecule has 0 saturated carbocycles. The maximum atomic E-state index is 4.09. The molecule has 0 radical (unpaired) electrons. The summed E-state index contributed by atoms with van der Waals surface area (Å²) >= 11 is 0. The van der Waals surface area contributed by atoms with E-state index >= 15 is 0 Å². The van der Waals surface area contributed by atoms with E-state index in [0.717, 1.165) is 11.4 Å². The number of aromatic nitrogens is 1. The molecule has 1 aromatic heterocycles. The van der Waals surface area contributed by atoms with Gasteiger partial charge in [-0.3, -0.25) is 0 Å². The molecular formula is C21H43N3. The summed E-state index contributed by atoms with van der Waals surface area (Å²) in [5.74, 6) is 1.54. The van der Waals surface area contributed by atoms with Gasteiger partial charge in [-0.05, 0) is 58.6 Å². The fourth-order valence-electron chi connectivity index (χ4n) is 2.92. The smallest absolute Gasteiger partial charge is 0.136 e. The number of aromatic amines is 1. The number of hydrogen-bond acceptors (Lipinski definition) is 2. The molecule has 1 fully saturated rings. The largest absolute Gasteiger partial charge is 0.343 e. The maximum Gasteiger partial charge on any atom is 0.136 e. The van der Waals surface area contributed by atoms with E-state index in [4.69, 9.17) is 0 Å². The van der Waals surface area contributed by atoms with E-state index < -0.39 is 0 Å². The molecule has 0 aromatic carbocycles. The van der Waals surface area contributed by atoms with Crippen LogP contribution in [0.5, 0.6) is 0 Å². The second kappa shape index (κ2) is 15.2. The molecule has 1 N–H and O–H groups in total. The Morgan fingerprint density at radius 1 is 1.29 bits per heavy atom. The van der Waals surface area contributed by atoms with E-state index in [1.54, 1.807) is 0 Å². The van der Waals surface area contributed by atoms with Crippen molar-refractivity contribution in [1.29, 1.82) is 0 Å². The Morgan fingerprint density at radius 2 is 1.96 bits per heavy atom. The van der Waals surface area contributed by atoms with Crippen molar-refractivity contribution in [2.24, 2.45) is 4.99 Å². The average Bonchev–Trinajstić information content (AvgIpc) is 2.87. The molecule has 3 nitrogen and oxygen atoms in total. The van der Waals surface area contributed by atoms with Crippen molar-refractivity contribution in [3.63, 3.8) is 0 Å². The third-order valence-electron chi connectivity index (χ3n) is 4.06. The molecule has 2 rings (SSSR count). The van der Waals surface area contributed by atoms with Crippen LogP contribution in [0.15, 0.2) is 17.1 Å². The van der Waals surface area contributed by atoms with Crippen molar-refractivity contribution >= 4 is 18.6 Å². The summed E-state index contributed by atoms with van der Waals surface area (Å²) in [6.07, 6.45) is 7.93. The van der Waals surface area contributed by atoms with Crippen molar-refractivity contribution < 1.29 is 1.43 Å². The lowest BCUT2D eigenvalue weighted by Gasteiger charge is -2.17. The van der Waals surface area contributed by atoms with E-state index in [-0.39, 0.29) is 8.85 Å². The molecule has 1 aliphatic heterocycles. The Kier molecular flexibility index (Phi) is 15.8. The summed E-state index contributed by atoms with van der Waals surface area (Å²) in [5.41, 5.74) is 2.48. The summed E-state index contributed by atoms with van der Waals surface area (Å²) in [6, 6.07) is 2.25. The molecule has 3 heteroatoms. The lowest BCUT2D eigenvalue weighted by Crippen LogP contribution is -2.24. The van der Waals surface area contributed by atoms with Gasteiger partial charge in [-0.1, -0.05) is 54.2 Å². The summed E-state index contributed by atoms with van der Waals surface area (Å²) in [7, 11) is 0. The first kappa shape index (κ1) is 24.9. The summed E-state index contributed by atoms with van der Waals surface area (Å²) in [5, 5.41) is 0. The molecule has 1 saturated heterocycles. The van der Waals surface area contributed by atoms with E-state index in [9.17, 15) is 0 Å². The van der Waals surface area contributed by atoms with Crippen LogP contribution in [0.2, 0.25) is 0 Å². The highest BCUT2D eigenvalue weighted by Crippen LogP contribution is 2.31. The molecule has 142 valence electrons. The van der Waals surface area contributed by atoms with Crippen molar-refractivity contribution in [3.05, 3.63) is 23.4 Å². The van der Waals surface area contributed by atoms with Crippen molar-refractivity contribution in [2.45, 2.75) is 74.1 Å². The molecule has 0 bridgehead atoms. The van der Waals surface area contributed by atoms with Crippen LogP contribution in [0.4, 0.5) is 5.82 Å². The molecular weight excluding hydrogens is 294 g/mol. The van der Waals surface area contributed by atoms with Gasteiger partial charge >= 0.3 is 0 Å². The van der Waals surface area contributed by atoms with E-state index in [1.165, 1.54) is 44.6 Å². The predicted molar refractivity (Wildman–Crippen MR) is 115 cm³/mol. The van der Waals surface area contributed by atoms with Crippen LogP contribution in [0.25, 0.3) is 6.08 Å². The molecule has 1 aliphatic rings. The minimum atomic E-state index is 0. The molecule has 0 amide bonds. The van der Waals surface area contributed by atoms with Crippen LogP contribution in [0.1, 0.15) is 86.8 Å². The van der Waals surface area contributed by atoms with Crippen molar-refractivity contribution in [1.82, 2.24) is 9.88 Å². The Balaban J connectivity index is -0.000000752. The van der Waals surface area contributed by atoms with Gasteiger partial charge < -0.3 is 9.88 Å². The Hall–Kier alpha value is -1.35. The van der Waals surface area contributed by atoms with Gasteiger partial charge in [-0.25, -0.2) is 4.99 Å². The van der Waals surface area contributed by atoms with Crippen LogP contribution >= 0.6 is 0 Å². The number of likely N-dealkylation sites (tertiary alicyclic amines) is 1. The average molecular weight is 338 g/mol. The highest BCUT2D eigenvalue weighted by Gasteiger charge is 2.19. The van der Waals surface area contributed by atoms with Gasteiger partial charge in [0.15, 0.2) is 0 Å². The van der Waals surface area contributed by atoms with Gasteiger partial charge in [0.05, 0.1) is 0 Å². The Morgan fingerprint density at radius 3 is 2.50 bits per heavy atom. The van der Waals surface area contributed by atoms with Gasteiger partial charge in [0.25, 0.3) is 0 Å². The minimum absolute atomic E-state index is 0. The van der Waals surface area contributed by atoms with E-state index in [1.807, 2.05) is 40.7 Å². The predicted octanol–water partition coefficient (Wildman–Crippen LogP) is 6.90. The number of hydrogen-bond donors (Lipinski definition) is 1. The van der Waals surface area contributed by atoms with Crippen molar-refractivity contribution in [2.75, 3.05) is 19.6 Å². The molecule has 0 aliphatic carbocycles. The summed E-state index contributed by atoms with van der Waals surface area (Å²) < 4.78 is 0. The van der Waals surface area contributed by atoms with Gasteiger partial charge in [-0.2, -0.15) is 0 Å². The minimum Gasteiger partial charge on any atom is -0.343 e. The van der Waals surface area contributed by atoms with Crippen LogP contribution in [-0.2, 0) is 0 Å². The van der Waals surface area contributed by atoms with Gasteiger partial charge in [0.1, 0.15) is 5.82 Å². The topological polar surface area (TPSA) is 31.4 Å². The fourth-order valence-corrected chi connectivity index (χ4v) is 2.92. The first-order chi connectivity index (χ1) is 11.3. The van der Waals surface area contributed by atoms with Gasteiger partial charge in [-0.15, -0.1) is 0 Å². The fraction of sp³-hybridized carbons (Fsp3) is 0.667. The SMILES string of the molecule is C.C=Nc1[nH]c(C2CCCN(CC)CC2)cc1/C=C\C.CC.CC.[HH]. The Bertz CT molecular complexity index is 452. The zero-order valence-corrected chi connectivity index (χ0v) is 16.2. The summed E-state index contributed by atoms with van der Waals surface area (Å²) in [4.78, 5) is 10.1. The standard InChI is InChI=1S/C16H25N3.2C2H6.CH4.H2/c1-4-7-14-12-15(18-16(14)17-3)13-8-6-10-19(5-2)11-9-13;2*1-2;;/h4,7,12-13,18H,3,5-6,8-11H2,1-2H3;2*1-2H3;1H4;1H/b7-4-;;;;. The van der Waals surface area contributed by atoms with Gasteiger partial charge in [0.2, 0.25) is 0 Å². The third kappa shape index (κ3) is 7.48. The van der Waals surface area contributed by atoms with Crippen molar-refractivity contribution in [3.8, 4) is 0 Å². The Labute approximate surface area is 152 Å². The molecule has 1 unspecified atom stereocenters. The summed E-state index contributed by atoms with van der Waals surface area (Å²) in [6.45, 7) is 19.5. The normalized spacial score (nSPS) is 17.7. The van der Waals surface area contributed by atoms with E-state index in [2.05, 4.69) is 40.7 Å². The molecule has 2 heterocycles. The molecule has 24 heavy (non-hydrogen) atoms. The number of nitrogens with zero attached hydrogens (tertiary/aromatic N) is 2. The lowest BCUT2D eigenvalue weighted by molar-refractivity contribution is 0.299. The third-order valence-corrected chi connectivity index (χ3v) is 4.06. The van der Waals surface area contributed by atoms with E-state index in [0.29, 0.717) is 5.92 Å².